The van der Waals surface area contributed by atoms with E-state index in [0.717, 1.165) is 6.07 Å². The SMILES string of the molecule is CNC(=O)C(C)(C)CN[C@@H](C)c1cc(F)cc(F)c1. The number of hydrogen-bond acceptors (Lipinski definition) is 2. The highest BCUT2D eigenvalue weighted by atomic mass is 19.1. The molecule has 0 aromatic heterocycles. The minimum Gasteiger partial charge on any atom is -0.359 e. The molecule has 0 fully saturated rings. The van der Waals surface area contributed by atoms with Gasteiger partial charge >= 0.3 is 0 Å². The first-order valence-electron chi connectivity index (χ1n) is 6.18. The van der Waals surface area contributed by atoms with Gasteiger partial charge in [0.15, 0.2) is 0 Å². The zero-order valence-electron chi connectivity index (χ0n) is 11.7. The maximum Gasteiger partial charge on any atom is 0.226 e. The number of carbonyl (C=O) groups excluding carboxylic acids is 1. The van der Waals surface area contributed by atoms with Crippen LogP contribution in [-0.2, 0) is 4.79 Å². The molecule has 0 spiro atoms. The molecule has 106 valence electrons. The number of rotatable bonds is 5. The molecule has 0 aliphatic rings. The second-order valence-electron chi connectivity index (χ2n) is 5.27. The molecule has 0 radical (unpaired) electrons. The van der Waals surface area contributed by atoms with Crippen molar-refractivity contribution in [3.63, 3.8) is 0 Å². The van der Waals surface area contributed by atoms with Crippen molar-refractivity contribution in [3.05, 3.63) is 35.4 Å². The number of benzene rings is 1. The van der Waals surface area contributed by atoms with E-state index >= 15 is 0 Å². The standard InChI is InChI=1S/C14H20F2N2O/c1-9(10-5-11(15)7-12(16)6-10)18-8-14(2,3)13(19)17-4/h5-7,9,18H,8H2,1-4H3,(H,17,19)/t9-/m0/s1. The Morgan fingerprint density at radius 2 is 1.79 bits per heavy atom. The summed E-state index contributed by atoms with van der Waals surface area (Å²) in [5.41, 5.74) is -0.0697. The largest absolute Gasteiger partial charge is 0.359 e. The Morgan fingerprint density at radius 3 is 2.26 bits per heavy atom. The van der Waals surface area contributed by atoms with Gasteiger partial charge in [-0.1, -0.05) is 0 Å². The van der Waals surface area contributed by atoms with Crippen LogP contribution < -0.4 is 10.6 Å². The van der Waals surface area contributed by atoms with Gasteiger partial charge in [0, 0.05) is 25.7 Å². The lowest BCUT2D eigenvalue weighted by Gasteiger charge is -2.25. The van der Waals surface area contributed by atoms with Crippen molar-refractivity contribution in [2.24, 2.45) is 5.41 Å². The predicted octanol–water partition coefficient (Wildman–Crippen LogP) is 2.39. The highest BCUT2D eigenvalue weighted by Gasteiger charge is 2.26. The van der Waals surface area contributed by atoms with E-state index < -0.39 is 17.0 Å². The van der Waals surface area contributed by atoms with Gasteiger partial charge in [-0.05, 0) is 38.5 Å². The maximum atomic E-state index is 13.1. The Kier molecular flexibility index (Phi) is 5.00. The quantitative estimate of drug-likeness (QED) is 0.862. The van der Waals surface area contributed by atoms with Crippen LogP contribution in [0.25, 0.3) is 0 Å². The Morgan fingerprint density at radius 1 is 1.26 bits per heavy atom. The van der Waals surface area contributed by atoms with Gasteiger partial charge in [0.05, 0.1) is 5.41 Å². The summed E-state index contributed by atoms with van der Waals surface area (Å²) in [5, 5.41) is 5.70. The summed E-state index contributed by atoms with van der Waals surface area (Å²) in [7, 11) is 1.58. The van der Waals surface area contributed by atoms with E-state index in [1.165, 1.54) is 12.1 Å². The Bertz CT molecular complexity index is 441. The lowest BCUT2D eigenvalue weighted by molar-refractivity contribution is -0.128. The summed E-state index contributed by atoms with van der Waals surface area (Å²) in [6, 6.07) is 3.17. The first kappa shape index (κ1) is 15.6. The molecule has 0 bridgehead atoms. The fourth-order valence-corrected chi connectivity index (χ4v) is 1.77. The van der Waals surface area contributed by atoms with Gasteiger partial charge < -0.3 is 10.6 Å². The summed E-state index contributed by atoms with van der Waals surface area (Å²) >= 11 is 0. The van der Waals surface area contributed by atoms with Gasteiger partial charge in [-0.25, -0.2) is 8.78 Å². The van der Waals surface area contributed by atoms with E-state index in [2.05, 4.69) is 10.6 Å². The van der Waals surface area contributed by atoms with Crippen LogP contribution in [-0.4, -0.2) is 19.5 Å². The van der Waals surface area contributed by atoms with Crippen molar-refractivity contribution in [1.82, 2.24) is 10.6 Å². The van der Waals surface area contributed by atoms with Crippen molar-refractivity contribution < 1.29 is 13.6 Å². The Labute approximate surface area is 112 Å². The molecule has 0 saturated carbocycles. The molecule has 0 unspecified atom stereocenters. The lowest BCUT2D eigenvalue weighted by Crippen LogP contribution is -2.42. The number of carbonyl (C=O) groups is 1. The van der Waals surface area contributed by atoms with Crippen molar-refractivity contribution in [2.75, 3.05) is 13.6 Å². The van der Waals surface area contributed by atoms with Crippen LogP contribution in [0.4, 0.5) is 8.78 Å². The number of nitrogens with one attached hydrogen (secondary N) is 2. The highest BCUT2D eigenvalue weighted by molar-refractivity contribution is 5.81. The number of hydrogen-bond donors (Lipinski definition) is 2. The van der Waals surface area contributed by atoms with E-state index in [1.54, 1.807) is 27.8 Å². The summed E-state index contributed by atoms with van der Waals surface area (Å²) in [4.78, 5) is 11.6. The maximum absolute atomic E-state index is 13.1. The third-order valence-electron chi connectivity index (χ3n) is 3.08. The van der Waals surface area contributed by atoms with Gasteiger partial charge in [0.25, 0.3) is 0 Å². The van der Waals surface area contributed by atoms with Crippen LogP contribution in [0.3, 0.4) is 0 Å². The monoisotopic (exact) mass is 270 g/mol. The topological polar surface area (TPSA) is 41.1 Å². The van der Waals surface area contributed by atoms with Crippen LogP contribution in [0.15, 0.2) is 18.2 Å². The molecule has 19 heavy (non-hydrogen) atoms. The third kappa shape index (κ3) is 4.28. The molecule has 1 aromatic rings. The van der Waals surface area contributed by atoms with E-state index in [9.17, 15) is 13.6 Å². The molecule has 3 nitrogen and oxygen atoms in total. The van der Waals surface area contributed by atoms with E-state index in [1.807, 2.05) is 0 Å². The average molecular weight is 270 g/mol. The second-order valence-corrected chi connectivity index (χ2v) is 5.27. The van der Waals surface area contributed by atoms with E-state index in [4.69, 9.17) is 0 Å². The van der Waals surface area contributed by atoms with Crippen molar-refractivity contribution in [2.45, 2.75) is 26.8 Å². The van der Waals surface area contributed by atoms with Gasteiger partial charge in [-0.15, -0.1) is 0 Å². The van der Waals surface area contributed by atoms with Crippen LogP contribution in [0.1, 0.15) is 32.4 Å². The fraction of sp³-hybridized carbons (Fsp3) is 0.500. The normalized spacial score (nSPS) is 13.2. The summed E-state index contributed by atoms with van der Waals surface area (Å²) < 4.78 is 26.2. The van der Waals surface area contributed by atoms with Crippen LogP contribution in [0, 0.1) is 17.0 Å². The van der Waals surface area contributed by atoms with Gasteiger partial charge in [0.1, 0.15) is 11.6 Å². The molecular weight excluding hydrogens is 250 g/mol. The molecule has 1 atom stereocenters. The molecule has 5 heteroatoms. The van der Waals surface area contributed by atoms with E-state index in [-0.39, 0.29) is 11.9 Å². The minimum absolute atomic E-state index is 0.0855. The zero-order chi connectivity index (χ0) is 14.6. The molecule has 0 aliphatic carbocycles. The van der Waals surface area contributed by atoms with Gasteiger partial charge in [0.2, 0.25) is 5.91 Å². The first-order chi connectivity index (χ1) is 8.76. The zero-order valence-corrected chi connectivity index (χ0v) is 11.7. The molecule has 0 aliphatic heterocycles. The Hall–Kier alpha value is -1.49. The molecule has 1 amide bonds. The smallest absolute Gasteiger partial charge is 0.226 e. The van der Waals surface area contributed by atoms with Crippen molar-refractivity contribution >= 4 is 5.91 Å². The van der Waals surface area contributed by atoms with Crippen LogP contribution in [0.5, 0.6) is 0 Å². The Balaban J connectivity index is 2.70. The summed E-state index contributed by atoms with van der Waals surface area (Å²) in [6.07, 6.45) is 0. The fourth-order valence-electron chi connectivity index (χ4n) is 1.77. The number of halogens is 2. The van der Waals surface area contributed by atoms with E-state index in [0.29, 0.717) is 12.1 Å². The minimum atomic E-state index is -0.603. The molecule has 0 heterocycles. The predicted molar refractivity (Wildman–Crippen MR) is 70.6 cm³/mol. The third-order valence-corrected chi connectivity index (χ3v) is 3.08. The molecule has 0 saturated heterocycles. The molecular formula is C14H20F2N2O. The highest BCUT2D eigenvalue weighted by Crippen LogP contribution is 2.19. The second kappa shape index (κ2) is 6.10. The van der Waals surface area contributed by atoms with Gasteiger partial charge in [-0.2, -0.15) is 0 Å². The van der Waals surface area contributed by atoms with Crippen molar-refractivity contribution in [1.29, 1.82) is 0 Å². The lowest BCUT2D eigenvalue weighted by atomic mass is 9.91. The molecule has 1 rings (SSSR count). The summed E-state index contributed by atoms with van der Waals surface area (Å²) in [5.74, 6) is -1.29. The van der Waals surface area contributed by atoms with Crippen molar-refractivity contribution in [3.8, 4) is 0 Å². The van der Waals surface area contributed by atoms with Crippen LogP contribution in [0.2, 0.25) is 0 Å². The average Bonchev–Trinajstić information content (AvgIpc) is 2.33. The molecule has 1 aromatic carbocycles. The van der Waals surface area contributed by atoms with Crippen LogP contribution >= 0.6 is 0 Å². The number of amides is 1. The summed E-state index contributed by atoms with van der Waals surface area (Å²) in [6.45, 7) is 5.82. The first-order valence-corrected chi connectivity index (χ1v) is 6.18. The van der Waals surface area contributed by atoms with Gasteiger partial charge in [-0.3, -0.25) is 4.79 Å². The molecule has 2 N–H and O–H groups in total.